The summed E-state index contributed by atoms with van der Waals surface area (Å²) in [6.07, 6.45) is 4.42. The van der Waals surface area contributed by atoms with Crippen molar-refractivity contribution in [2.24, 2.45) is 11.8 Å². The molecule has 1 aromatic carbocycles. The topological polar surface area (TPSA) is 127 Å². The van der Waals surface area contributed by atoms with E-state index in [1.807, 2.05) is 24.3 Å². The summed E-state index contributed by atoms with van der Waals surface area (Å²) in [6.45, 7) is 2.67. The summed E-state index contributed by atoms with van der Waals surface area (Å²) in [7, 11) is 0. The molecular weight excluding hydrogens is 406 g/mol. The van der Waals surface area contributed by atoms with Crippen LogP contribution in [-0.4, -0.2) is 41.3 Å². The predicted octanol–water partition coefficient (Wildman–Crippen LogP) is 2.16. The molecule has 0 bridgehead atoms. The number of hydrogen-bond acceptors (Lipinski definition) is 4. The number of benzene rings is 1. The van der Waals surface area contributed by atoms with Crippen LogP contribution in [0.1, 0.15) is 55.1 Å². The fourth-order valence-corrected chi connectivity index (χ4v) is 4.37. The zero-order valence-electron chi connectivity index (χ0n) is 18.2. The van der Waals surface area contributed by atoms with E-state index in [0.717, 1.165) is 35.7 Å². The molecule has 4 rings (SSSR count). The van der Waals surface area contributed by atoms with E-state index < -0.39 is 12.1 Å². The molecule has 1 aromatic heterocycles. The largest absolute Gasteiger partial charge is 0.356 e. The Labute approximate surface area is 187 Å². The molecule has 0 unspecified atom stereocenters. The van der Waals surface area contributed by atoms with Crippen LogP contribution in [0.25, 0.3) is 10.9 Å². The van der Waals surface area contributed by atoms with E-state index in [1.165, 1.54) is 0 Å². The molecule has 2 aromatic rings. The molecule has 3 amide bonds. The van der Waals surface area contributed by atoms with Crippen LogP contribution in [0.15, 0.2) is 24.3 Å². The highest BCUT2D eigenvalue weighted by molar-refractivity contribution is 6.00. The lowest BCUT2D eigenvalue weighted by Gasteiger charge is -2.21. The molecule has 3 atom stereocenters. The molecule has 2 aliphatic rings. The summed E-state index contributed by atoms with van der Waals surface area (Å²) in [5, 5.41) is 18.9. The molecule has 1 aliphatic carbocycles. The summed E-state index contributed by atoms with van der Waals surface area (Å²) in [5.41, 5.74) is 2.45. The van der Waals surface area contributed by atoms with Gasteiger partial charge in [0.15, 0.2) is 0 Å². The number of aryl methyl sites for hydroxylation is 1. The number of rotatable bonds is 9. The Morgan fingerprint density at radius 3 is 2.69 bits per heavy atom. The van der Waals surface area contributed by atoms with Crippen LogP contribution in [0, 0.1) is 23.2 Å². The number of aromatic nitrogens is 1. The van der Waals surface area contributed by atoms with Gasteiger partial charge in [0.2, 0.25) is 11.8 Å². The third-order valence-electron chi connectivity index (χ3n) is 6.42. The van der Waals surface area contributed by atoms with E-state index in [4.69, 9.17) is 0 Å². The van der Waals surface area contributed by atoms with Crippen LogP contribution in [-0.2, 0) is 16.0 Å². The van der Waals surface area contributed by atoms with Crippen LogP contribution in [0.2, 0.25) is 0 Å². The number of hydrogen-bond donors (Lipinski definition) is 4. The Balaban J connectivity index is 1.44. The van der Waals surface area contributed by atoms with Gasteiger partial charge in [-0.3, -0.25) is 14.4 Å². The van der Waals surface area contributed by atoms with Crippen molar-refractivity contribution in [3.8, 4) is 6.07 Å². The molecule has 168 valence electrons. The minimum absolute atomic E-state index is 0.0763. The quantitative estimate of drug-likeness (QED) is 0.481. The Bertz CT molecular complexity index is 1070. The van der Waals surface area contributed by atoms with Crippen molar-refractivity contribution in [1.29, 1.82) is 5.26 Å². The number of H-pyrrole nitrogens is 1. The van der Waals surface area contributed by atoms with Gasteiger partial charge in [-0.05, 0) is 49.3 Å². The number of amides is 3. The summed E-state index contributed by atoms with van der Waals surface area (Å²) in [6, 6.07) is 8.34. The van der Waals surface area contributed by atoms with Gasteiger partial charge in [0.1, 0.15) is 17.8 Å². The average molecular weight is 436 g/mol. The van der Waals surface area contributed by atoms with Crippen molar-refractivity contribution in [3.63, 3.8) is 0 Å². The fraction of sp³-hybridized carbons (Fsp3) is 0.500. The Morgan fingerprint density at radius 2 is 2.03 bits per heavy atom. The predicted molar refractivity (Wildman–Crippen MR) is 120 cm³/mol. The number of nitriles is 1. The first kappa shape index (κ1) is 21.9. The first-order valence-electron chi connectivity index (χ1n) is 11.4. The van der Waals surface area contributed by atoms with E-state index in [1.54, 1.807) is 0 Å². The zero-order valence-corrected chi connectivity index (χ0v) is 18.2. The highest BCUT2D eigenvalue weighted by Gasteiger charge is 2.33. The van der Waals surface area contributed by atoms with Crippen LogP contribution in [0.5, 0.6) is 0 Å². The standard InChI is InChI=1S/C24H29N5O3/c1-2-15-4-3-5-19-18(15)12-21(28-19)24(32)29-20(10-14-6-7-14)23(31)27-17(13-25)11-16-8-9-26-22(16)30/h3-5,12,14,16-17,20,28H,2,6-11H2,1H3,(H,26,30)(H,27,31)(H,29,32)/t16-,17-,20-/m0/s1. The lowest BCUT2D eigenvalue weighted by molar-refractivity contribution is -0.125. The number of carbonyl (C=O) groups excluding carboxylic acids is 3. The van der Waals surface area contributed by atoms with Crippen LogP contribution in [0.3, 0.4) is 0 Å². The lowest BCUT2D eigenvalue weighted by atomic mass is 9.98. The van der Waals surface area contributed by atoms with Crippen LogP contribution in [0.4, 0.5) is 0 Å². The van der Waals surface area contributed by atoms with Gasteiger partial charge in [0.05, 0.1) is 6.07 Å². The highest BCUT2D eigenvalue weighted by atomic mass is 16.2. The number of nitrogens with one attached hydrogen (secondary N) is 4. The SMILES string of the molecule is CCc1cccc2[nH]c(C(=O)N[C@@H](CC3CC3)C(=O)N[C@H](C#N)C[C@@H]3CCNC3=O)cc12. The Kier molecular flexibility index (Phi) is 6.45. The minimum atomic E-state index is -0.768. The molecule has 1 aliphatic heterocycles. The normalized spacial score (nSPS) is 19.8. The summed E-state index contributed by atoms with van der Waals surface area (Å²) >= 11 is 0. The van der Waals surface area contributed by atoms with Crippen molar-refractivity contribution in [2.75, 3.05) is 6.54 Å². The summed E-state index contributed by atoms with van der Waals surface area (Å²) in [5.74, 6) is -0.655. The molecule has 1 saturated carbocycles. The molecule has 0 spiro atoms. The van der Waals surface area contributed by atoms with Gasteiger partial charge in [-0.2, -0.15) is 5.26 Å². The van der Waals surface area contributed by atoms with Crippen molar-refractivity contribution < 1.29 is 14.4 Å². The molecule has 8 heteroatoms. The second kappa shape index (κ2) is 9.43. The fourth-order valence-electron chi connectivity index (χ4n) is 4.37. The van der Waals surface area contributed by atoms with Gasteiger partial charge >= 0.3 is 0 Å². The maximum Gasteiger partial charge on any atom is 0.268 e. The number of nitrogens with zero attached hydrogens (tertiary/aromatic N) is 1. The van der Waals surface area contributed by atoms with E-state index >= 15 is 0 Å². The first-order valence-corrected chi connectivity index (χ1v) is 11.4. The molecule has 0 radical (unpaired) electrons. The van der Waals surface area contributed by atoms with Gasteiger partial charge in [0, 0.05) is 23.4 Å². The highest BCUT2D eigenvalue weighted by Crippen LogP contribution is 2.33. The van der Waals surface area contributed by atoms with Crippen molar-refractivity contribution in [3.05, 3.63) is 35.5 Å². The average Bonchev–Trinajstić information content (AvgIpc) is 3.35. The Hall–Kier alpha value is -3.34. The molecule has 1 saturated heterocycles. The minimum Gasteiger partial charge on any atom is -0.356 e. The third kappa shape index (κ3) is 4.93. The molecule has 8 nitrogen and oxygen atoms in total. The van der Waals surface area contributed by atoms with E-state index in [2.05, 4.69) is 33.9 Å². The van der Waals surface area contributed by atoms with Gasteiger partial charge in [-0.15, -0.1) is 0 Å². The van der Waals surface area contributed by atoms with Gasteiger partial charge in [-0.1, -0.05) is 31.9 Å². The molecule has 2 heterocycles. The summed E-state index contributed by atoms with van der Waals surface area (Å²) < 4.78 is 0. The van der Waals surface area contributed by atoms with Crippen molar-refractivity contribution in [2.45, 2.75) is 57.5 Å². The second-order valence-corrected chi connectivity index (χ2v) is 8.82. The second-order valence-electron chi connectivity index (χ2n) is 8.82. The number of aromatic amines is 1. The van der Waals surface area contributed by atoms with Crippen molar-refractivity contribution in [1.82, 2.24) is 20.9 Å². The van der Waals surface area contributed by atoms with E-state index in [-0.39, 0.29) is 30.1 Å². The molecule has 2 fully saturated rings. The van der Waals surface area contributed by atoms with Crippen LogP contribution >= 0.6 is 0 Å². The first-order chi connectivity index (χ1) is 15.5. The van der Waals surface area contributed by atoms with E-state index in [9.17, 15) is 19.6 Å². The van der Waals surface area contributed by atoms with Crippen LogP contribution < -0.4 is 16.0 Å². The Morgan fingerprint density at radius 1 is 1.22 bits per heavy atom. The third-order valence-corrected chi connectivity index (χ3v) is 6.42. The molecule has 4 N–H and O–H groups in total. The van der Waals surface area contributed by atoms with Crippen molar-refractivity contribution >= 4 is 28.6 Å². The maximum absolute atomic E-state index is 13.0. The monoisotopic (exact) mass is 435 g/mol. The molecule has 32 heavy (non-hydrogen) atoms. The maximum atomic E-state index is 13.0. The van der Waals surface area contributed by atoms with Gasteiger partial charge in [0.25, 0.3) is 5.91 Å². The molecular formula is C24H29N5O3. The van der Waals surface area contributed by atoms with E-state index in [0.29, 0.717) is 31.0 Å². The number of fused-ring (bicyclic) bond motifs is 1. The summed E-state index contributed by atoms with van der Waals surface area (Å²) in [4.78, 5) is 40.9. The lowest BCUT2D eigenvalue weighted by Crippen LogP contribution is -2.50. The zero-order chi connectivity index (χ0) is 22.7. The van der Waals surface area contributed by atoms with Gasteiger partial charge in [-0.25, -0.2) is 0 Å². The smallest absolute Gasteiger partial charge is 0.268 e. The van der Waals surface area contributed by atoms with Gasteiger partial charge < -0.3 is 20.9 Å². The number of carbonyl (C=O) groups is 3.